The molecule has 0 aromatic heterocycles. The summed E-state index contributed by atoms with van der Waals surface area (Å²) in [6.45, 7) is 3.60. The van der Waals surface area contributed by atoms with Crippen LogP contribution in [0.2, 0.25) is 0 Å². The summed E-state index contributed by atoms with van der Waals surface area (Å²) in [6, 6.07) is 10.8. The summed E-state index contributed by atoms with van der Waals surface area (Å²) < 4.78 is 5.71. The Bertz CT molecular complexity index is 513. The first-order valence-corrected chi connectivity index (χ1v) is 8.82. The van der Waals surface area contributed by atoms with Gasteiger partial charge in [0.2, 0.25) is 0 Å². The number of nitrogens with zero attached hydrogens (tertiary/aromatic N) is 2. The lowest BCUT2D eigenvalue weighted by Crippen LogP contribution is -2.41. The molecule has 0 amide bonds. The van der Waals surface area contributed by atoms with Crippen LogP contribution in [-0.4, -0.2) is 51.3 Å². The van der Waals surface area contributed by atoms with Gasteiger partial charge >= 0.3 is 0 Å². The topological polar surface area (TPSA) is 36.9 Å². The van der Waals surface area contributed by atoms with Crippen LogP contribution in [0.1, 0.15) is 30.7 Å². The van der Waals surface area contributed by atoms with E-state index in [-0.39, 0.29) is 0 Å². The second-order valence-corrected chi connectivity index (χ2v) is 6.88. The summed E-state index contributed by atoms with van der Waals surface area (Å²) in [4.78, 5) is 6.55. The molecular formula is C19H29N3O. The van der Waals surface area contributed by atoms with Crippen molar-refractivity contribution in [3.8, 4) is 0 Å². The molecule has 23 heavy (non-hydrogen) atoms. The van der Waals surface area contributed by atoms with Gasteiger partial charge in [0.15, 0.2) is 5.96 Å². The maximum Gasteiger partial charge on any atom is 0.193 e. The highest BCUT2D eigenvalue weighted by Gasteiger charge is 2.37. The third-order valence-electron chi connectivity index (χ3n) is 4.87. The fourth-order valence-corrected chi connectivity index (χ4v) is 3.03. The maximum absolute atomic E-state index is 5.71. The molecular weight excluding hydrogens is 286 g/mol. The molecule has 2 atom stereocenters. The van der Waals surface area contributed by atoms with Crippen molar-refractivity contribution in [2.24, 2.45) is 16.8 Å². The molecule has 0 spiro atoms. The van der Waals surface area contributed by atoms with E-state index in [9.17, 15) is 0 Å². The van der Waals surface area contributed by atoms with Gasteiger partial charge in [0, 0.05) is 33.8 Å². The summed E-state index contributed by atoms with van der Waals surface area (Å²) in [5.41, 5.74) is 1.47. The van der Waals surface area contributed by atoms with Crippen molar-refractivity contribution in [1.29, 1.82) is 0 Å². The van der Waals surface area contributed by atoms with E-state index in [2.05, 4.69) is 52.6 Å². The standard InChI is InChI=1S/C19H29N3O/c1-20-19(22(2)10-11-23-14-15-8-9-15)21-13-17-12-18(17)16-6-4-3-5-7-16/h3-7,15,17-18H,8-14H2,1-2H3,(H,20,21). The summed E-state index contributed by atoms with van der Waals surface area (Å²) in [7, 11) is 3.93. The SMILES string of the molecule is CN=C(NCC1CC1c1ccccc1)N(C)CCOCC1CC1. The molecule has 4 heteroatoms. The fourth-order valence-electron chi connectivity index (χ4n) is 3.03. The maximum atomic E-state index is 5.71. The first kappa shape index (κ1) is 16.3. The Morgan fingerprint density at radius 3 is 2.78 bits per heavy atom. The number of guanidine groups is 1. The summed E-state index contributed by atoms with van der Waals surface area (Å²) in [5.74, 6) is 3.25. The first-order chi connectivity index (χ1) is 11.3. The zero-order chi connectivity index (χ0) is 16.1. The molecule has 0 bridgehead atoms. The van der Waals surface area contributed by atoms with E-state index in [0.29, 0.717) is 5.92 Å². The average molecular weight is 315 g/mol. The Morgan fingerprint density at radius 1 is 1.30 bits per heavy atom. The van der Waals surface area contributed by atoms with Gasteiger partial charge in [-0.05, 0) is 42.6 Å². The van der Waals surface area contributed by atoms with Gasteiger partial charge in [-0.15, -0.1) is 0 Å². The quantitative estimate of drug-likeness (QED) is 0.455. The van der Waals surface area contributed by atoms with Crippen molar-refractivity contribution >= 4 is 5.96 Å². The molecule has 0 saturated heterocycles. The van der Waals surface area contributed by atoms with Crippen LogP contribution in [0.4, 0.5) is 0 Å². The third kappa shape index (κ3) is 4.96. The van der Waals surface area contributed by atoms with Gasteiger partial charge in [-0.2, -0.15) is 0 Å². The molecule has 1 aromatic carbocycles. The number of nitrogens with one attached hydrogen (secondary N) is 1. The Kier molecular flexibility index (Phi) is 5.55. The lowest BCUT2D eigenvalue weighted by atomic mass is 10.1. The largest absolute Gasteiger partial charge is 0.379 e. The van der Waals surface area contributed by atoms with Gasteiger partial charge in [0.05, 0.1) is 6.61 Å². The summed E-state index contributed by atoms with van der Waals surface area (Å²) >= 11 is 0. The van der Waals surface area contributed by atoms with Crippen molar-refractivity contribution in [3.63, 3.8) is 0 Å². The average Bonchev–Trinajstić information content (AvgIpc) is 3.48. The highest BCUT2D eigenvalue weighted by atomic mass is 16.5. The van der Waals surface area contributed by atoms with Gasteiger partial charge in [0.25, 0.3) is 0 Å². The van der Waals surface area contributed by atoms with Crippen LogP contribution in [0.5, 0.6) is 0 Å². The van der Waals surface area contributed by atoms with E-state index in [1.807, 2.05) is 7.05 Å². The van der Waals surface area contributed by atoms with Crippen LogP contribution in [0.15, 0.2) is 35.3 Å². The van der Waals surface area contributed by atoms with Crippen molar-refractivity contribution in [3.05, 3.63) is 35.9 Å². The Hall–Kier alpha value is -1.55. The molecule has 126 valence electrons. The normalized spacial score (nSPS) is 23.7. The Balaban J connectivity index is 1.34. The van der Waals surface area contributed by atoms with Gasteiger partial charge in [-0.3, -0.25) is 4.99 Å². The van der Waals surface area contributed by atoms with Crippen LogP contribution in [-0.2, 0) is 4.74 Å². The molecule has 1 aromatic rings. The molecule has 3 rings (SSSR count). The molecule has 2 aliphatic rings. The molecule has 4 nitrogen and oxygen atoms in total. The van der Waals surface area contributed by atoms with Crippen LogP contribution in [0, 0.1) is 11.8 Å². The number of hydrogen-bond acceptors (Lipinski definition) is 2. The molecule has 2 unspecified atom stereocenters. The van der Waals surface area contributed by atoms with Crippen molar-refractivity contribution in [1.82, 2.24) is 10.2 Å². The zero-order valence-corrected chi connectivity index (χ0v) is 14.4. The lowest BCUT2D eigenvalue weighted by molar-refractivity contribution is 0.115. The van der Waals surface area contributed by atoms with Gasteiger partial charge in [-0.25, -0.2) is 0 Å². The zero-order valence-electron chi connectivity index (χ0n) is 14.4. The summed E-state index contributed by atoms with van der Waals surface area (Å²) in [6.07, 6.45) is 3.98. The molecule has 0 aliphatic heterocycles. The second-order valence-electron chi connectivity index (χ2n) is 6.88. The minimum Gasteiger partial charge on any atom is -0.379 e. The van der Waals surface area contributed by atoms with E-state index < -0.39 is 0 Å². The monoisotopic (exact) mass is 315 g/mol. The molecule has 2 fully saturated rings. The fraction of sp³-hybridized carbons (Fsp3) is 0.632. The highest BCUT2D eigenvalue weighted by Crippen LogP contribution is 2.46. The van der Waals surface area contributed by atoms with E-state index in [1.165, 1.54) is 24.8 Å². The minimum atomic E-state index is 0.717. The number of ether oxygens (including phenoxy) is 1. The van der Waals surface area contributed by atoms with E-state index in [1.54, 1.807) is 0 Å². The van der Waals surface area contributed by atoms with Crippen molar-refractivity contribution < 1.29 is 4.74 Å². The van der Waals surface area contributed by atoms with Crippen molar-refractivity contribution in [2.75, 3.05) is 40.4 Å². The van der Waals surface area contributed by atoms with Gasteiger partial charge in [0.1, 0.15) is 0 Å². The Labute approximate surface area is 139 Å². The number of aliphatic imine (C=N–C) groups is 1. The lowest BCUT2D eigenvalue weighted by Gasteiger charge is -2.22. The summed E-state index contributed by atoms with van der Waals surface area (Å²) in [5, 5.41) is 3.51. The van der Waals surface area contributed by atoms with Gasteiger partial charge < -0.3 is 15.0 Å². The number of hydrogen-bond donors (Lipinski definition) is 1. The Morgan fingerprint density at radius 2 is 2.09 bits per heavy atom. The number of rotatable bonds is 8. The molecule has 0 heterocycles. The minimum absolute atomic E-state index is 0.717. The number of likely N-dealkylation sites (N-methyl/N-ethyl adjacent to an activating group) is 1. The number of benzene rings is 1. The van der Waals surface area contributed by atoms with Gasteiger partial charge in [-0.1, -0.05) is 30.3 Å². The molecule has 2 saturated carbocycles. The third-order valence-corrected chi connectivity index (χ3v) is 4.87. The predicted molar refractivity (Wildman–Crippen MR) is 94.8 cm³/mol. The van der Waals surface area contributed by atoms with E-state index in [4.69, 9.17) is 4.74 Å². The molecule has 2 aliphatic carbocycles. The van der Waals surface area contributed by atoms with Crippen molar-refractivity contribution in [2.45, 2.75) is 25.2 Å². The predicted octanol–water partition coefficient (Wildman–Crippen LogP) is 2.72. The second kappa shape index (κ2) is 7.82. The molecule has 0 radical (unpaired) electrons. The van der Waals surface area contributed by atoms with E-state index >= 15 is 0 Å². The molecule has 1 N–H and O–H groups in total. The van der Waals surface area contributed by atoms with Crippen LogP contribution < -0.4 is 5.32 Å². The van der Waals surface area contributed by atoms with Crippen LogP contribution >= 0.6 is 0 Å². The smallest absolute Gasteiger partial charge is 0.193 e. The van der Waals surface area contributed by atoms with Crippen LogP contribution in [0.25, 0.3) is 0 Å². The first-order valence-electron chi connectivity index (χ1n) is 8.82. The van der Waals surface area contributed by atoms with Crippen LogP contribution in [0.3, 0.4) is 0 Å². The van der Waals surface area contributed by atoms with E-state index in [0.717, 1.165) is 44.1 Å². The highest BCUT2D eigenvalue weighted by molar-refractivity contribution is 5.79.